The molecule has 1 N–H and O–H groups in total. The first-order valence-electron chi connectivity index (χ1n) is 9.38. The van der Waals surface area contributed by atoms with Crippen LogP contribution in [0, 0.1) is 0 Å². The molecule has 1 aliphatic rings. The minimum Gasteiger partial charge on any atom is -0.354 e. The monoisotopic (exact) mass is 350 g/mol. The quantitative estimate of drug-likeness (QED) is 0.740. The SMILES string of the molecule is O=C(CCC(=O)c1ccccc1)NCC(c1ccccc1)N1CCCC1. The first-order chi connectivity index (χ1) is 12.7. The van der Waals surface area contributed by atoms with Crippen LogP contribution in [0.15, 0.2) is 60.7 Å². The average Bonchev–Trinajstić information content (AvgIpc) is 3.22. The topological polar surface area (TPSA) is 49.4 Å². The zero-order valence-electron chi connectivity index (χ0n) is 15.1. The highest BCUT2D eigenvalue weighted by Gasteiger charge is 2.23. The van der Waals surface area contributed by atoms with Crippen molar-refractivity contribution in [1.29, 1.82) is 0 Å². The number of hydrogen-bond acceptors (Lipinski definition) is 3. The molecule has 136 valence electrons. The fourth-order valence-corrected chi connectivity index (χ4v) is 3.48. The van der Waals surface area contributed by atoms with Gasteiger partial charge in [0, 0.05) is 24.9 Å². The molecule has 1 heterocycles. The summed E-state index contributed by atoms with van der Waals surface area (Å²) in [4.78, 5) is 26.8. The number of rotatable bonds is 8. The minimum atomic E-state index is -0.0607. The number of ketones is 1. The van der Waals surface area contributed by atoms with Gasteiger partial charge in [0.15, 0.2) is 5.78 Å². The van der Waals surface area contributed by atoms with Crippen LogP contribution in [0.25, 0.3) is 0 Å². The molecule has 0 radical (unpaired) electrons. The van der Waals surface area contributed by atoms with Crippen LogP contribution in [0.5, 0.6) is 0 Å². The van der Waals surface area contributed by atoms with E-state index in [0.717, 1.165) is 13.1 Å². The second-order valence-electron chi connectivity index (χ2n) is 6.76. The molecule has 0 aromatic heterocycles. The summed E-state index contributed by atoms with van der Waals surface area (Å²) in [6.45, 7) is 2.73. The predicted molar refractivity (Wildman–Crippen MR) is 103 cm³/mol. The summed E-state index contributed by atoms with van der Waals surface area (Å²) in [7, 11) is 0. The van der Waals surface area contributed by atoms with Gasteiger partial charge in [0.25, 0.3) is 0 Å². The molecular formula is C22H26N2O2. The van der Waals surface area contributed by atoms with Crippen molar-refractivity contribution in [2.45, 2.75) is 31.7 Å². The Hall–Kier alpha value is -2.46. The van der Waals surface area contributed by atoms with Crippen LogP contribution in [0.3, 0.4) is 0 Å². The Balaban J connectivity index is 1.52. The first-order valence-corrected chi connectivity index (χ1v) is 9.38. The molecule has 1 fully saturated rings. The lowest BCUT2D eigenvalue weighted by molar-refractivity contribution is -0.121. The van der Waals surface area contributed by atoms with E-state index in [1.807, 2.05) is 36.4 Å². The molecule has 0 aliphatic carbocycles. The first kappa shape index (κ1) is 18.3. The third-order valence-corrected chi connectivity index (χ3v) is 4.93. The molecule has 1 unspecified atom stereocenters. The number of Topliss-reactive ketones (excluding diaryl/α,β-unsaturated/α-hetero) is 1. The van der Waals surface area contributed by atoms with Crippen LogP contribution >= 0.6 is 0 Å². The zero-order valence-corrected chi connectivity index (χ0v) is 15.1. The van der Waals surface area contributed by atoms with Gasteiger partial charge in [0.1, 0.15) is 0 Å². The number of carbonyl (C=O) groups excluding carboxylic acids is 2. The summed E-state index contributed by atoms with van der Waals surface area (Å²) in [6, 6.07) is 19.7. The Morgan fingerprint density at radius 1 is 0.885 bits per heavy atom. The number of hydrogen-bond donors (Lipinski definition) is 1. The maximum Gasteiger partial charge on any atom is 0.220 e. The lowest BCUT2D eigenvalue weighted by Crippen LogP contribution is -2.36. The predicted octanol–water partition coefficient (Wildman–Crippen LogP) is 3.60. The molecule has 0 saturated carbocycles. The van der Waals surface area contributed by atoms with Gasteiger partial charge in [-0.1, -0.05) is 60.7 Å². The van der Waals surface area contributed by atoms with Crippen LogP contribution < -0.4 is 5.32 Å². The summed E-state index contributed by atoms with van der Waals surface area (Å²) in [6.07, 6.45) is 2.90. The van der Waals surface area contributed by atoms with Gasteiger partial charge >= 0.3 is 0 Å². The fourth-order valence-electron chi connectivity index (χ4n) is 3.48. The molecule has 1 saturated heterocycles. The molecule has 0 bridgehead atoms. The lowest BCUT2D eigenvalue weighted by atomic mass is 10.0. The summed E-state index contributed by atoms with van der Waals surface area (Å²) in [5.74, 6) is -0.0469. The highest BCUT2D eigenvalue weighted by molar-refractivity contribution is 5.97. The van der Waals surface area contributed by atoms with Crippen molar-refractivity contribution in [2.75, 3.05) is 19.6 Å². The Bertz CT molecular complexity index is 709. The van der Waals surface area contributed by atoms with Crippen molar-refractivity contribution in [3.63, 3.8) is 0 Å². The minimum absolute atomic E-state index is 0.0138. The zero-order chi connectivity index (χ0) is 18.2. The molecular weight excluding hydrogens is 324 g/mol. The van der Waals surface area contributed by atoms with Gasteiger partial charge in [-0.15, -0.1) is 0 Å². The van der Waals surface area contributed by atoms with Gasteiger partial charge in [0.2, 0.25) is 5.91 Å². The van der Waals surface area contributed by atoms with E-state index in [2.05, 4.69) is 22.3 Å². The summed E-state index contributed by atoms with van der Waals surface area (Å²) < 4.78 is 0. The highest BCUT2D eigenvalue weighted by Crippen LogP contribution is 2.24. The van der Waals surface area contributed by atoms with Crippen LogP contribution in [0.1, 0.15) is 47.6 Å². The molecule has 26 heavy (non-hydrogen) atoms. The van der Waals surface area contributed by atoms with Gasteiger partial charge in [-0.05, 0) is 31.5 Å². The van der Waals surface area contributed by atoms with E-state index in [1.165, 1.54) is 18.4 Å². The third-order valence-electron chi connectivity index (χ3n) is 4.93. The van der Waals surface area contributed by atoms with Crippen LogP contribution in [0.2, 0.25) is 0 Å². The Morgan fingerprint density at radius 2 is 1.50 bits per heavy atom. The molecule has 3 rings (SSSR count). The lowest BCUT2D eigenvalue weighted by Gasteiger charge is -2.28. The number of benzene rings is 2. The van der Waals surface area contributed by atoms with E-state index in [9.17, 15) is 9.59 Å². The number of nitrogens with zero attached hydrogens (tertiary/aromatic N) is 1. The van der Waals surface area contributed by atoms with Gasteiger partial charge in [-0.2, -0.15) is 0 Å². The fraction of sp³-hybridized carbons (Fsp3) is 0.364. The van der Waals surface area contributed by atoms with Crippen molar-refractivity contribution >= 4 is 11.7 Å². The van der Waals surface area contributed by atoms with Gasteiger partial charge in [0.05, 0.1) is 6.04 Å². The van der Waals surface area contributed by atoms with Gasteiger partial charge in [-0.3, -0.25) is 14.5 Å². The van der Waals surface area contributed by atoms with E-state index in [0.29, 0.717) is 12.1 Å². The molecule has 1 amide bonds. The van der Waals surface area contributed by atoms with Crippen molar-refractivity contribution in [3.8, 4) is 0 Å². The van der Waals surface area contributed by atoms with E-state index >= 15 is 0 Å². The number of nitrogens with one attached hydrogen (secondary N) is 1. The van der Waals surface area contributed by atoms with E-state index < -0.39 is 0 Å². The van der Waals surface area contributed by atoms with Crippen molar-refractivity contribution in [1.82, 2.24) is 10.2 Å². The highest BCUT2D eigenvalue weighted by atomic mass is 16.2. The average molecular weight is 350 g/mol. The van der Waals surface area contributed by atoms with Crippen LogP contribution in [-0.4, -0.2) is 36.2 Å². The number of amides is 1. The largest absolute Gasteiger partial charge is 0.354 e. The van der Waals surface area contributed by atoms with Crippen molar-refractivity contribution in [2.24, 2.45) is 0 Å². The molecule has 4 heteroatoms. The third kappa shape index (κ3) is 5.02. The molecule has 2 aromatic carbocycles. The number of likely N-dealkylation sites (tertiary alicyclic amines) is 1. The van der Waals surface area contributed by atoms with E-state index in [1.54, 1.807) is 12.1 Å². The van der Waals surface area contributed by atoms with Gasteiger partial charge in [-0.25, -0.2) is 0 Å². The second-order valence-corrected chi connectivity index (χ2v) is 6.76. The molecule has 1 aliphatic heterocycles. The van der Waals surface area contributed by atoms with Crippen molar-refractivity contribution < 1.29 is 9.59 Å². The number of carbonyl (C=O) groups is 2. The molecule has 1 atom stereocenters. The maximum absolute atomic E-state index is 12.2. The molecule has 4 nitrogen and oxygen atoms in total. The van der Waals surface area contributed by atoms with Crippen molar-refractivity contribution in [3.05, 3.63) is 71.8 Å². The second kappa shape index (κ2) is 9.30. The van der Waals surface area contributed by atoms with E-state index in [-0.39, 0.29) is 30.6 Å². The summed E-state index contributed by atoms with van der Waals surface area (Å²) in [5, 5.41) is 3.03. The summed E-state index contributed by atoms with van der Waals surface area (Å²) in [5.41, 5.74) is 1.90. The Labute approximate surface area is 155 Å². The maximum atomic E-state index is 12.2. The molecule has 2 aromatic rings. The van der Waals surface area contributed by atoms with Gasteiger partial charge < -0.3 is 5.32 Å². The normalized spacial score (nSPS) is 15.5. The van der Waals surface area contributed by atoms with E-state index in [4.69, 9.17) is 0 Å². The smallest absolute Gasteiger partial charge is 0.220 e. The van der Waals surface area contributed by atoms with Crippen LogP contribution in [-0.2, 0) is 4.79 Å². The standard InChI is InChI=1S/C22H26N2O2/c25-21(19-11-5-2-6-12-19)13-14-22(26)23-17-20(24-15-7-8-16-24)18-9-3-1-4-10-18/h1-6,9-12,20H,7-8,13-17H2,(H,23,26). The molecule has 0 spiro atoms. The Morgan fingerprint density at radius 3 is 2.15 bits per heavy atom. The van der Waals surface area contributed by atoms with Crippen LogP contribution in [0.4, 0.5) is 0 Å². The Kier molecular flexibility index (Phi) is 6.56. The summed E-state index contributed by atoms with van der Waals surface area (Å²) >= 11 is 0.